The third kappa shape index (κ3) is 3.54. The summed E-state index contributed by atoms with van der Waals surface area (Å²) in [6.45, 7) is 6.61. The Morgan fingerprint density at radius 2 is 1.89 bits per heavy atom. The molecule has 2 rings (SSSR count). The lowest BCUT2D eigenvalue weighted by atomic mass is 10.0. The van der Waals surface area contributed by atoms with Crippen molar-refractivity contribution in [3.8, 4) is 11.5 Å². The lowest BCUT2D eigenvalue weighted by Crippen LogP contribution is -2.21. The molecule has 3 nitrogen and oxygen atoms in total. The maximum atomic E-state index is 6.41. The van der Waals surface area contributed by atoms with Crippen LogP contribution in [0.5, 0.6) is 11.5 Å². The summed E-state index contributed by atoms with van der Waals surface area (Å²) in [7, 11) is 0. The second kappa shape index (κ2) is 7.01. The molecule has 1 aliphatic rings. The van der Waals surface area contributed by atoms with Gasteiger partial charge in [-0.2, -0.15) is 0 Å². The Labute approximate surface area is 120 Å². The minimum atomic E-state index is 0.277. The van der Waals surface area contributed by atoms with Crippen LogP contribution in [0.1, 0.15) is 44.7 Å². The SMILES string of the molecule is CCCC(NCC)c1cc2c(cc1Cl)OCCCO2. The van der Waals surface area contributed by atoms with Gasteiger partial charge in [0.1, 0.15) is 0 Å². The highest BCUT2D eigenvalue weighted by atomic mass is 35.5. The number of ether oxygens (including phenoxy) is 2. The van der Waals surface area contributed by atoms with E-state index in [-0.39, 0.29) is 6.04 Å². The minimum Gasteiger partial charge on any atom is -0.490 e. The zero-order valence-electron chi connectivity index (χ0n) is 11.7. The predicted molar refractivity (Wildman–Crippen MR) is 78.4 cm³/mol. The molecule has 1 aromatic rings. The van der Waals surface area contributed by atoms with Crippen molar-refractivity contribution >= 4 is 11.6 Å². The van der Waals surface area contributed by atoms with Crippen molar-refractivity contribution in [1.82, 2.24) is 5.32 Å². The fraction of sp³-hybridized carbons (Fsp3) is 0.600. The van der Waals surface area contributed by atoms with E-state index < -0.39 is 0 Å². The summed E-state index contributed by atoms with van der Waals surface area (Å²) in [5, 5.41) is 4.24. The lowest BCUT2D eigenvalue weighted by Gasteiger charge is -2.20. The summed E-state index contributed by atoms with van der Waals surface area (Å²) in [6.07, 6.45) is 3.09. The van der Waals surface area contributed by atoms with Gasteiger partial charge in [0.25, 0.3) is 0 Å². The summed E-state index contributed by atoms with van der Waals surface area (Å²) in [5.74, 6) is 1.58. The van der Waals surface area contributed by atoms with Crippen molar-refractivity contribution < 1.29 is 9.47 Å². The molecule has 106 valence electrons. The molecular weight excluding hydrogens is 262 g/mol. The molecule has 1 heterocycles. The Balaban J connectivity index is 2.31. The first-order valence-corrected chi connectivity index (χ1v) is 7.46. The zero-order chi connectivity index (χ0) is 13.7. The van der Waals surface area contributed by atoms with E-state index >= 15 is 0 Å². The first-order chi connectivity index (χ1) is 9.26. The van der Waals surface area contributed by atoms with Crippen LogP contribution in [0.25, 0.3) is 0 Å². The molecule has 0 amide bonds. The Hall–Kier alpha value is -0.930. The van der Waals surface area contributed by atoms with Crippen molar-refractivity contribution in [3.05, 3.63) is 22.7 Å². The first kappa shape index (κ1) is 14.5. The molecule has 0 bridgehead atoms. The summed E-state index contributed by atoms with van der Waals surface area (Å²) in [4.78, 5) is 0. The van der Waals surface area contributed by atoms with Gasteiger partial charge < -0.3 is 14.8 Å². The third-order valence-electron chi connectivity index (χ3n) is 3.27. The third-order valence-corrected chi connectivity index (χ3v) is 3.60. The monoisotopic (exact) mass is 283 g/mol. The van der Waals surface area contributed by atoms with Crippen LogP contribution >= 0.6 is 11.6 Å². The number of hydrogen-bond acceptors (Lipinski definition) is 3. The maximum absolute atomic E-state index is 6.41. The van der Waals surface area contributed by atoms with E-state index in [1.807, 2.05) is 12.1 Å². The van der Waals surface area contributed by atoms with Gasteiger partial charge >= 0.3 is 0 Å². The quantitative estimate of drug-likeness (QED) is 0.887. The fourth-order valence-electron chi connectivity index (χ4n) is 2.37. The van der Waals surface area contributed by atoms with Gasteiger partial charge in [-0.25, -0.2) is 0 Å². The molecule has 0 saturated heterocycles. The average molecular weight is 284 g/mol. The Bertz CT molecular complexity index is 417. The fourth-order valence-corrected chi connectivity index (χ4v) is 2.65. The van der Waals surface area contributed by atoms with Crippen molar-refractivity contribution in [2.45, 2.75) is 39.2 Å². The molecule has 1 aromatic carbocycles. The molecule has 1 aliphatic heterocycles. The number of fused-ring (bicyclic) bond motifs is 1. The van der Waals surface area contributed by atoms with E-state index in [0.29, 0.717) is 13.2 Å². The minimum absolute atomic E-state index is 0.277. The second-order valence-corrected chi connectivity index (χ2v) is 5.18. The van der Waals surface area contributed by atoms with Crippen molar-refractivity contribution in [1.29, 1.82) is 0 Å². The van der Waals surface area contributed by atoms with Gasteiger partial charge in [0.2, 0.25) is 0 Å². The van der Waals surface area contributed by atoms with Crippen LogP contribution in [0, 0.1) is 0 Å². The van der Waals surface area contributed by atoms with Gasteiger partial charge in [-0.3, -0.25) is 0 Å². The van der Waals surface area contributed by atoms with Gasteiger partial charge in [-0.1, -0.05) is 31.9 Å². The highest BCUT2D eigenvalue weighted by Gasteiger charge is 2.19. The highest BCUT2D eigenvalue weighted by Crippen LogP contribution is 2.38. The van der Waals surface area contributed by atoms with Gasteiger partial charge in [0, 0.05) is 23.6 Å². The van der Waals surface area contributed by atoms with Crippen LogP contribution in [0.2, 0.25) is 5.02 Å². The standard InChI is InChI=1S/C15H22ClNO2/c1-3-6-13(17-4-2)11-9-14-15(10-12(11)16)19-8-5-7-18-14/h9-10,13,17H,3-8H2,1-2H3. The highest BCUT2D eigenvalue weighted by molar-refractivity contribution is 6.31. The van der Waals surface area contributed by atoms with Crippen LogP contribution in [-0.2, 0) is 0 Å². The molecule has 0 aliphatic carbocycles. The van der Waals surface area contributed by atoms with E-state index in [0.717, 1.165) is 47.9 Å². The van der Waals surface area contributed by atoms with Gasteiger partial charge in [0.15, 0.2) is 11.5 Å². The zero-order valence-corrected chi connectivity index (χ0v) is 12.4. The van der Waals surface area contributed by atoms with Gasteiger partial charge in [-0.05, 0) is 24.6 Å². The van der Waals surface area contributed by atoms with Crippen molar-refractivity contribution in [3.63, 3.8) is 0 Å². The van der Waals surface area contributed by atoms with E-state index in [1.54, 1.807) is 0 Å². The van der Waals surface area contributed by atoms with E-state index in [9.17, 15) is 0 Å². The molecule has 1 N–H and O–H groups in total. The Morgan fingerprint density at radius 3 is 2.53 bits per heavy atom. The topological polar surface area (TPSA) is 30.5 Å². The lowest BCUT2D eigenvalue weighted by molar-refractivity contribution is 0.297. The molecule has 19 heavy (non-hydrogen) atoms. The van der Waals surface area contributed by atoms with Crippen LogP contribution in [0.3, 0.4) is 0 Å². The molecule has 1 atom stereocenters. The van der Waals surface area contributed by atoms with Crippen molar-refractivity contribution in [2.75, 3.05) is 19.8 Å². The van der Waals surface area contributed by atoms with E-state index in [2.05, 4.69) is 19.2 Å². The average Bonchev–Trinajstić information content (AvgIpc) is 2.62. The summed E-state index contributed by atoms with van der Waals surface area (Å²) in [5.41, 5.74) is 1.11. The summed E-state index contributed by atoms with van der Waals surface area (Å²) in [6, 6.07) is 4.20. The molecule has 0 saturated carbocycles. The van der Waals surface area contributed by atoms with Crippen LogP contribution in [0.15, 0.2) is 12.1 Å². The molecule has 4 heteroatoms. The van der Waals surface area contributed by atoms with Gasteiger partial charge in [0.05, 0.1) is 13.2 Å². The predicted octanol–water partition coefficient (Wildman–Crippen LogP) is 3.95. The number of rotatable bonds is 5. The first-order valence-electron chi connectivity index (χ1n) is 7.08. The molecule has 0 spiro atoms. The molecule has 0 radical (unpaired) electrons. The van der Waals surface area contributed by atoms with Gasteiger partial charge in [-0.15, -0.1) is 0 Å². The number of benzene rings is 1. The Kier molecular flexibility index (Phi) is 5.34. The number of nitrogens with one attached hydrogen (secondary N) is 1. The summed E-state index contributed by atoms with van der Waals surface area (Å²) >= 11 is 6.41. The van der Waals surface area contributed by atoms with Crippen LogP contribution in [-0.4, -0.2) is 19.8 Å². The number of halogens is 1. The molecule has 0 aromatic heterocycles. The molecular formula is C15H22ClNO2. The van der Waals surface area contributed by atoms with E-state index in [1.165, 1.54) is 0 Å². The van der Waals surface area contributed by atoms with Crippen molar-refractivity contribution in [2.24, 2.45) is 0 Å². The molecule has 0 fully saturated rings. The van der Waals surface area contributed by atoms with Crippen LogP contribution < -0.4 is 14.8 Å². The molecule has 1 unspecified atom stereocenters. The number of hydrogen-bond donors (Lipinski definition) is 1. The smallest absolute Gasteiger partial charge is 0.162 e. The second-order valence-electron chi connectivity index (χ2n) is 4.77. The Morgan fingerprint density at radius 1 is 1.21 bits per heavy atom. The van der Waals surface area contributed by atoms with E-state index in [4.69, 9.17) is 21.1 Å². The summed E-state index contributed by atoms with van der Waals surface area (Å²) < 4.78 is 11.4. The largest absolute Gasteiger partial charge is 0.490 e. The normalized spacial score (nSPS) is 15.9. The van der Waals surface area contributed by atoms with Crippen LogP contribution in [0.4, 0.5) is 0 Å². The maximum Gasteiger partial charge on any atom is 0.162 e.